The summed E-state index contributed by atoms with van der Waals surface area (Å²) in [5.41, 5.74) is 0.665. The maximum Gasteiger partial charge on any atom is 0.234 e. The number of benzene rings is 3. The zero-order chi connectivity index (χ0) is 19.5. The fraction of sp³-hybridized carbons (Fsp3) is 0.100. The number of halogens is 1. The van der Waals surface area contributed by atoms with Gasteiger partial charge in [-0.3, -0.25) is 4.79 Å². The number of nitrogens with zero attached hydrogens (tertiary/aromatic N) is 4. The van der Waals surface area contributed by atoms with E-state index in [1.54, 1.807) is 6.92 Å². The Balaban J connectivity index is 1.44. The molecule has 4 rings (SSSR count). The summed E-state index contributed by atoms with van der Waals surface area (Å²) in [6.07, 6.45) is 0. The summed E-state index contributed by atoms with van der Waals surface area (Å²) >= 11 is 1.45. The Hall–Kier alpha value is -3.26. The lowest BCUT2D eigenvalue weighted by molar-refractivity contribution is -0.113. The highest BCUT2D eigenvalue weighted by molar-refractivity contribution is 8.00. The molecule has 0 saturated carbocycles. The third kappa shape index (κ3) is 3.86. The number of fused-ring (bicyclic) bond motifs is 1. The highest BCUT2D eigenvalue weighted by Gasteiger charge is 2.12. The van der Waals surface area contributed by atoms with Crippen LogP contribution in [-0.4, -0.2) is 31.9 Å². The van der Waals surface area contributed by atoms with Gasteiger partial charge in [-0.05, 0) is 58.5 Å². The van der Waals surface area contributed by atoms with Gasteiger partial charge < -0.3 is 5.32 Å². The van der Waals surface area contributed by atoms with Crippen molar-refractivity contribution in [2.75, 3.05) is 11.1 Å². The topological polar surface area (TPSA) is 72.7 Å². The SMILES string of the molecule is Cc1nnnn1-c1cc(NC(=O)CSc2ccc3ccccc3c2)ccc1F. The lowest BCUT2D eigenvalue weighted by atomic mass is 10.1. The molecule has 0 fully saturated rings. The molecule has 0 unspecified atom stereocenters. The molecule has 0 aliphatic heterocycles. The van der Waals surface area contributed by atoms with Crippen molar-refractivity contribution in [1.82, 2.24) is 20.2 Å². The van der Waals surface area contributed by atoms with Gasteiger partial charge in [-0.1, -0.05) is 30.3 Å². The summed E-state index contributed by atoms with van der Waals surface area (Å²) in [6, 6.07) is 18.5. The Morgan fingerprint density at radius 1 is 1.11 bits per heavy atom. The molecule has 0 aliphatic rings. The van der Waals surface area contributed by atoms with Crippen molar-refractivity contribution >= 4 is 34.1 Å². The predicted octanol–water partition coefficient (Wildman–Crippen LogP) is 3.99. The molecule has 1 N–H and O–H groups in total. The molecule has 0 bridgehead atoms. The second kappa shape index (κ2) is 7.77. The minimum absolute atomic E-state index is 0.177. The van der Waals surface area contributed by atoms with E-state index in [4.69, 9.17) is 0 Å². The van der Waals surface area contributed by atoms with Crippen molar-refractivity contribution in [2.45, 2.75) is 11.8 Å². The minimum Gasteiger partial charge on any atom is -0.325 e. The molecule has 28 heavy (non-hydrogen) atoms. The van der Waals surface area contributed by atoms with Crippen LogP contribution in [-0.2, 0) is 4.79 Å². The number of tetrazole rings is 1. The van der Waals surface area contributed by atoms with Crippen LogP contribution < -0.4 is 5.32 Å². The van der Waals surface area contributed by atoms with Gasteiger partial charge in [0.05, 0.1) is 5.75 Å². The molecule has 4 aromatic rings. The Bertz CT molecular complexity index is 1160. The second-order valence-electron chi connectivity index (χ2n) is 6.15. The highest BCUT2D eigenvalue weighted by atomic mass is 32.2. The predicted molar refractivity (Wildman–Crippen MR) is 107 cm³/mol. The molecule has 6 nitrogen and oxygen atoms in total. The summed E-state index contributed by atoms with van der Waals surface area (Å²) in [5.74, 6) is 0.0481. The van der Waals surface area contributed by atoms with Gasteiger partial charge >= 0.3 is 0 Å². The van der Waals surface area contributed by atoms with Crippen LogP contribution in [0.4, 0.5) is 10.1 Å². The molecule has 8 heteroatoms. The number of hydrogen-bond donors (Lipinski definition) is 1. The molecule has 1 amide bonds. The number of nitrogens with one attached hydrogen (secondary N) is 1. The van der Waals surface area contributed by atoms with E-state index in [0.29, 0.717) is 11.5 Å². The zero-order valence-corrected chi connectivity index (χ0v) is 15.8. The van der Waals surface area contributed by atoms with Crippen LogP contribution in [0.25, 0.3) is 16.5 Å². The second-order valence-corrected chi connectivity index (χ2v) is 7.20. The maximum atomic E-state index is 14.1. The molecule has 1 aromatic heterocycles. The van der Waals surface area contributed by atoms with Gasteiger partial charge in [0.1, 0.15) is 11.5 Å². The number of hydrogen-bond acceptors (Lipinski definition) is 5. The van der Waals surface area contributed by atoms with Crippen LogP contribution in [0.5, 0.6) is 0 Å². The van der Waals surface area contributed by atoms with Crippen LogP contribution in [0.3, 0.4) is 0 Å². The molecule has 0 spiro atoms. The van der Waals surface area contributed by atoms with E-state index >= 15 is 0 Å². The standard InChI is InChI=1S/C20H16FN5OS/c1-13-23-24-25-26(13)19-11-16(7-9-18(19)21)22-20(27)12-28-17-8-6-14-4-2-3-5-15(14)10-17/h2-11H,12H2,1H3,(H,22,27). The number of amides is 1. The number of thioether (sulfide) groups is 1. The van der Waals surface area contributed by atoms with E-state index in [1.807, 2.05) is 30.3 Å². The van der Waals surface area contributed by atoms with Crippen molar-refractivity contribution in [1.29, 1.82) is 0 Å². The van der Waals surface area contributed by atoms with Crippen molar-refractivity contribution in [3.8, 4) is 5.69 Å². The van der Waals surface area contributed by atoms with Gasteiger partial charge in [-0.2, -0.15) is 4.68 Å². The molecule has 140 valence electrons. The molecule has 3 aromatic carbocycles. The molecule has 0 radical (unpaired) electrons. The van der Waals surface area contributed by atoms with Crippen molar-refractivity contribution in [2.24, 2.45) is 0 Å². The Morgan fingerprint density at radius 3 is 2.71 bits per heavy atom. The van der Waals surface area contributed by atoms with Gasteiger partial charge in [-0.15, -0.1) is 16.9 Å². The first-order valence-corrected chi connectivity index (χ1v) is 9.55. The van der Waals surface area contributed by atoms with E-state index in [-0.39, 0.29) is 17.3 Å². The first kappa shape index (κ1) is 18.1. The average Bonchev–Trinajstić information content (AvgIpc) is 3.13. The summed E-state index contributed by atoms with van der Waals surface area (Å²) < 4.78 is 15.4. The van der Waals surface area contributed by atoms with E-state index < -0.39 is 5.82 Å². The lowest BCUT2D eigenvalue weighted by Crippen LogP contribution is -2.14. The smallest absolute Gasteiger partial charge is 0.234 e. The fourth-order valence-corrected chi connectivity index (χ4v) is 3.55. The minimum atomic E-state index is -0.473. The number of rotatable bonds is 5. The summed E-state index contributed by atoms with van der Waals surface area (Å²) in [5, 5.41) is 16.1. The average molecular weight is 393 g/mol. The van der Waals surface area contributed by atoms with Crippen molar-refractivity contribution in [3.05, 3.63) is 72.3 Å². The largest absolute Gasteiger partial charge is 0.325 e. The maximum absolute atomic E-state index is 14.1. The van der Waals surface area contributed by atoms with E-state index in [9.17, 15) is 9.18 Å². The van der Waals surface area contributed by atoms with E-state index in [2.05, 4.69) is 33.0 Å². The first-order chi connectivity index (χ1) is 13.6. The summed E-state index contributed by atoms with van der Waals surface area (Å²) in [6.45, 7) is 1.67. The molecule has 1 heterocycles. The monoisotopic (exact) mass is 393 g/mol. The Kier molecular flexibility index (Phi) is 5.03. The normalized spacial score (nSPS) is 10.9. The first-order valence-electron chi connectivity index (χ1n) is 8.56. The number of carbonyl (C=O) groups is 1. The fourth-order valence-electron chi connectivity index (χ4n) is 2.81. The van der Waals surface area contributed by atoms with Crippen LogP contribution in [0.1, 0.15) is 5.82 Å². The molecule has 0 saturated heterocycles. The molecule has 0 atom stereocenters. The highest BCUT2D eigenvalue weighted by Crippen LogP contribution is 2.24. The summed E-state index contributed by atoms with van der Waals surface area (Å²) in [7, 11) is 0. The van der Waals surface area contributed by atoms with Crippen LogP contribution in [0.2, 0.25) is 0 Å². The molecular weight excluding hydrogens is 377 g/mol. The lowest BCUT2D eigenvalue weighted by Gasteiger charge is -2.09. The van der Waals surface area contributed by atoms with Gasteiger partial charge in [0.25, 0.3) is 0 Å². The van der Waals surface area contributed by atoms with Gasteiger partial charge in [0, 0.05) is 10.6 Å². The number of anilines is 1. The Morgan fingerprint density at radius 2 is 1.93 bits per heavy atom. The van der Waals surface area contributed by atoms with Crippen LogP contribution in [0.15, 0.2) is 65.6 Å². The Labute approximate surface area is 164 Å². The quantitative estimate of drug-likeness (QED) is 0.519. The molecule has 0 aliphatic carbocycles. The van der Waals surface area contributed by atoms with Gasteiger partial charge in [0.2, 0.25) is 5.91 Å². The van der Waals surface area contributed by atoms with Crippen LogP contribution in [0, 0.1) is 12.7 Å². The van der Waals surface area contributed by atoms with Crippen molar-refractivity contribution < 1.29 is 9.18 Å². The van der Waals surface area contributed by atoms with Gasteiger partial charge in [0.15, 0.2) is 5.82 Å². The van der Waals surface area contributed by atoms with Gasteiger partial charge in [-0.25, -0.2) is 4.39 Å². The third-order valence-electron chi connectivity index (χ3n) is 4.17. The number of aryl methyl sites for hydroxylation is 1. The number of aromatic nitrogens is 4. The summed E-state index contributed by atoms with van der Waals surface area (Å²) in [4.78, 5) is 13.3. The van der Waals surface area contributed by atoms with E-state index in [1.165, 1.54) is 34.6 Å². The van der Waals surface area contributed by atoms with Crippen LogP contribution >= 0.6 is 11.8 Å². The zero-order valence-electron chi connectivity index (χ0n) is 15.0. The van der Waals surface area contributed by atoms with E-state index in [0.717, 1.165) is 15.7 Å². The molecular formula is C20H16FN5OS. The third-order valence-corrected chi connectivity index (χ3v) is 5.17. The van der Waals surface area contributed by atoms with Crippen molar-refractivity contribution in [3.63, 3.8) is 0 Å². The number of carbonyl (C=O) groups excluding carboxylic acids is 1.